The van der Waals surface area contributed by atoms with Crippen molar-refractivity contribution in [3.05, 3.63) is 35.4 Å². The van der Waals surface area contributed by atoms with Gasteiger partial charge in [0.15, 0.2) is 5.84 Å². The molecule has 0 spiro atoms. The average Bonchev–Trinajstić information content (AvgIpc) is 2.36. The number of oxime groups is 1. The lowest BCUT2D eigenvalue weighted by Crippen LogP contribution is -2.33. The summed E-state index contributed by atoms with van der Waals surface area (Å²) < 4.78 is 5.27. The molecule has 110 valence electrons. The number of hydrogen-bond acceptors (Lipinski definition) is 4. The molecule has 0 bridgehead atoms. The maximum atomic E-state index is 11.8. The summed E-state index contributed by atoms with van der Waals surface area (Å²) >= 11 is 0. The van der Waals surface area contributed by atoms with Crippen LogP contribution in [0.15, 0.2) is 29.4 Å². The Balaban J connectivity index is 2.67. The van der Waals surface area contributed by atoms with Gasteiger partial charge >= 0.3 is 6.09 Å². The van der Waals surface area contributed by atoms with E-state index in [4.69, 9.17) is 15.7 Å². The summed E-state index contributed by atoms with van der Waals surface area (Å²) in [5, 5.41) is 11.5. The second-order valence-corrected chi connectivity index (χ2v) is 5.52. The predicted octanol–water partition coefficient (Wildman–Crippen LogP) is 2.15. The molecule has 1 aromatic carbocycles. The van der Waals surface area contributed by atoms with Crippen LogP contribution in [0.2, 0.25) is 0 Å². The van der Waals surface area contributed by atoms with Crippen LogP contribution in [0, 0.1) is 0 Å². The fraction of sp³-hybridized carbons (Fsp3) is 0.429. The molecule has 0 heterocycles. The number of rotatable bonds is 3. The van der Waals surface area contributed by atoms with Crippen molar-refractivity contribution in [2.24, 2.45) is 10.9 Å². The Hall–Kier alpha value is -2.24. The molecule has 0 atom stereocenters. The Bertz CT molecular complexity index is 489. The molecule has 0 aliphatic rings. The number of ether oxygens (including phenoxy) is 1. The largest absolute Gasteiger partial charge is 0.444 e. The van der Waals surface area contributed by atoms with E-state index in [1.807, 2.05) is 32.9 Å². The van der Waals surface area contributed by atoms with Gasteiger partial charge in [0.25, 0.3) is 0 Å². The summed E-state index contributed by atoms with van der Waals surface area (Å²) in [6, 6.07) is 7.09. The van der Waals surface area contributed by atoms with E-state index in [9.17, 15) is 4.79 Å². The summed E-state index contributed by atoms with van der Waals surface area (Å²) in [7, 11) is 1.67. The summed E-state index contributed by atoms with van der Waals surface area (Å²) in [5.41, 5.74) is 6.51. The Morgan fingerprint density at radius 3 is 2.35 bits per heavy atom. The number of hydrogen-bond donors (Lipinski definition) is 2. The quantitative estimate of drug-likeness (QED) is 0.384. The van der Waals surface area contributed by atoms with Crippen LogP contribution in [-0.4, -0.2) is 34.7 Å². The van der Waals surface area contributed by atoms with Gasteiger partial charge in [0.2, 0.25) is 0 Å². The summed E-state index contributed by atoms with van der Waals surface area (Å²) in [5.74, 6) is 0.0528. The van der Waals surface area contributed by atoms with Gasteiger partial charge in [-0.15, -0.1) is 0 Å². The molecule has 0 aliphatic heterocycles. The number of carbonyl (C=O) groups excluding carboxylic acids is 1. The lowest BCUT2D eigenvalue weighted by Gasteiger charge is -2.24. The van der Waals surface area contributed by atoms with Crippen molar-refractivity contribution in [2.45, 2.75) is 32.9 Å². The second kappa shape index (κ2) is 6.27. The Kier molecular flexibility index (Phi) is 4.96. The third-order valence-electron chi connectivity index (χ3n) is 2.48. The molecule has 0 aromatic heterocycles. The van der Waals surface area contributed by atoms with Crippen molar-refractivity contribution in [3.8, 4) is 0 Å². The second-order valence-electron chi connectivity index (χ2n) is 5.52. The van der Waals surface area contributed by atoms with Crippen LogP contribution in [0.25, 0.3) is 0 Å². The Labute approximate surface area is 118 Å². The van der Waals surface area contributed by atoms with Crippen molar-refractivity contribution in [1.29, 1.82) is 0 Å². The monoisotopic (exact) mass is 279 g/mol. The fourth-order valence-electron chi connectivity index (χ4n) is 1.52. The van der Waals surface area contributed by atoms with Crippen LogP contribution in [0.4, 0.5) is 4.79 Å². The molecule has 0 saturated carbocycles. The highest BCUT2D eigenvalue weighted by molar-refractivity contribution is 5.96. The van der Waals surface area contributed by atoms with Crippen molar-refractivity contribution in [1.82, 2.24) is 4.90 Å². The number of nitrogens with zero attached hydrogens (tertiary/aromatic N) is 2. The molecule has 6 nitrogen and oxygen atoms in total. The number of amides is 1. The van der Waals surface area contributed by atoms with E-state index in [-0.39, 0.29) is 11.9 Å². The number of benzene rings is 1. The van der Waals surface area contributed by atoms with Gasteiger partial charge in [-0.1, -0.05) is 29.4 Å². The van der Waals surface area contributed by atoms with Gasteiger partial charge in [0.1, 0.15) is 5.60 Å². The molecule has 6 heteroatoms. The summed E-state index contributed by atoms with van der Waals surface area (Å²) in [6.07, 6.45) is -0.377. The molecule has 1 rings (SSSR count). The first kappa shape index (κ1) is 15.8. The SMILES string of the molecule is CN(Cc1ccc(/C(N)=N/O)cc1)C(=O)OC(C)(C)C. The van der Waals surface area contributed by atoms with Gasteiger partial charge in [-0.3, -0.25) is 0 Å². The zero-order valence-electron chi connectivity index (χ0n) is 12.3. The molecule has 0 aliphatic carbocycles. The van der Waals surface area contributed by atoms with Gasteiger partial charge in [-0.2, -0.15) is 0 Å². The first-order valence-electron chi connectivity index (χ1n) is 6.24. The molecule has 1 amide bonds. The van der Waals surface area contributed by atoms with Crippen LogP contribution in [0.3, 0.4) is 0 Å². The molecule has 0 fully saturated rings. The van der Waals surface area contributed by atoms with Crippen molar-refractivity contribution < 1.29 is 14.7 Å². The highest BCUT2D eigenvalue weighted by Gasteiger charge is 2.19. The maximum Gasteiger partial charge on any atom is 0.410 e. The van der Waals surface area contributed by atoms with Crippen LogP contribution < -0.4 is 5.73 Å². The number of nitrogens with two attached hydrogens (primary N) is 1. The summed E-state index contributed by atoms with van der Waals surface area (Å²) in [4.78, 5) is 13.3. The van der Waals surface area contributed by atoms with Gasteiger partial charge < -0.3 is 20.6 Å². The van der Waals surface area contributed by atoms with Crippen LogP contribution in [0.5, 0.6) is 0 Å². The van der Waals surface area contributed by atoms with E-state index in [2.05, 4.69) is 5.16 Å². The minimum atomic E-state index is -0.513. The van der Waals surface area contributed by atoms with Crippen LogP contribution in [0.1, 0.15) is 31.9 Å². The number of amidine groups is 1. The molecule has 3 N–H and O–H groups in total. The predicted molar refractivity (Wildman–Crippen MR) is 76.7 cm³/mol. The highest BCUT2D eigenvalue weighted by atomic mass is 16.6. The van der Waals surface area contributed by atoms with Crippen LogP contribution >= 0.6 is 0 Å². The van der Waals surface area contributed by atoms with Crippen molar-refractivity contribution in [2.75, 3.05) is 7.05 Å². The molecule has 20 heavy (non-hydrogen) atoms. The van der Waals surface area contributed by atoms with Crippen molar-refractivity contribution in [3.63, 3.8) is 0 Å². The molecular formula is C14H21N3O3. The number of carbonyl (C=O) groups is 1. The van der Waals surface area contributed by atoms with E-state index < -0.39 is 5.60 Å². The molecule has 0 radical (unpaired) electrons. The topological polar surface area (TPSA) is 88.1 Å². The Morgan fingerprint density at radius 2 is 1.90 bits per heavy atom. The smallest absolute Gasteiger partial charge is 0.410 e. The van der Waals surface area contributed by atoms with E-state index in [0.29, 0.717) is 12.1 Å². The molecule has 0 unspecified atom stereocenters. The first-order chi connectivity index (χ1) is 9.23. The van der Waals surface area contributed by atoms with E-state index in [1.165, 1.54) is 4.90 Å². The molecule has 0 saturated heterocycles. The minimum absolute atomic E-state index is 0.0528. The van der Waals surface area contributed by atoms with Crippen LogP contribution in [-0.2, 0) is 11.3 Å². The maximum absolute atomic E-state index is 11.8. The van der Waals surface area contributed by atoms with Gasteiger partial charge in [0, 0.05) is 19.2 Å². The zero-order chi connectivity index (χ0) is 15.3. The van der Waals surface area contributed by atoms with E-state index >= 15 is 0 Å². The molecular weight excluding hydrogens is 258 g/mol. The van der Waals surface area contributed by atoms with E-state index in [0.717, 1.165) is 5.56 Å². The van der Waals surface area contributed by atoms with Gasteiger partial charge in [-0.05, 0) is 26.3 Å². The third kappa shape index (κ3) is 4.79. The third-order valence-corrected chi connectivity index (χ3v) is 2.48. The zero-order valence-corrected chi connectivity index (χ0v) is 12.3. The highest BCUT2D eigenvalue weighted by Crippen LogP contribution is 2.12. The normalized spacial score (nSPS) is 12.1. The fourth-order valence-corrected chi connectivity index (χ4v) is 1.52. The van der Waals surface area contributed by atoms with Gasteiger partial charge in [0.05, 0.1) is 0 Å². The average molecular weight is 279 g/mol. The summed E-state index contributed by atoms with van der Waals surface area (Å²) in [6.45, 7) is 5.89. The lowest BCUT2D eigenvalue weighted by molar-refractivity contribution is 0.0285. The first-order valence-corrected chi connectivity index (χ1v) is 6.24. The Morgan fingerprint density at radius 1 is 1.35 bits per heavy atom. The van der Waals surface area contributed by atoms with Gasteiger partial charge in [-0.25, -0.2) is 4.79 Å². The van der Waals surface area contributed by atoms with Crippen molar-refractivity contribution >= 4 is 11.9 Å². The van der Waals surface area contributed by atoms with E-state index in [1.54, 1.807) is 19.2 Å². The molecule has 1 aromatic rings. The minimum Gasteiger partial charge on any atom is -0.444 e. The lowest BCUT2D eigenvalue weighted by atomic mass is 10.1. The standard InChI is InChI=1S/C14H21N3O3/c1-14(2,3)20-13(18)17(4)9-10-5-7-11(8-6-10)12(15)16-19/h5-8,19H,9H2,1-4H3,(H2,15,16).